The van der Waals surface area contributed by atoms with Crippen LogP contribution in [-0.2, 0) is 0 Å². The van der Waals surface area contributed by atoms with Crippen molar-refractivity contribution in [3.63, 3.8) is 0 Å². The number of piperidine rings is 1. The zero-order valence-electron chi connectivity index (χ0n) is 10.3. The first-order valence-corrected chi connectivity index (χ1v) is 6.61. The molecular weight excluding hydrogens is 224 g/mol. The number of nitrogens with zero attached hydrogens (tertiary/aromatic N) is 1. The van der Waals surface area contributed by atoms with Gasteiger partial charge in [-0.25, -0.2) is 0 Å². The number of hydrogen-bond acceptors (Lipinski definition) is 3. The number of fused-ring (bicyclic) bond motifs is 1. The van der Waals surface area contributed by atoms with E-state index in [-0.39, 0.29) is 6.04 Å². The maximum atomic E-state index is 10.4. The SMILES string of the molecule is O[C@H](c1ccc2ncccc2c1)[C@H]1CCCCN1. The second-order valence-electron chi connectivity index (χ2n) is 4.96. The van der Waals surface area contributed by atoms with E-state index < -0.39 is 6.10 Å². The summed E-state index contributed by atoms with van der Waals surface area (Å²) in [5, 5.41) is 14.9. The average molecular weight is 242 g/mol. The number of aliphatic hydroxyl groups is 1. The van der Waals surface area contributed by atoms with Gasteiger partial charge in [0.15, 0.2) is 0 Å². The van der Waals surface area contributed by atoms with Crippen LogP contribution in [0.25, 0.3) is 10.9 Å². The molecule has 2 aromatic rings. The highest BCUT2D eigenvalue weighted by atomic mass is 16.3. The summed E-state index contributed by atoms with van der Waals surface area (Å²) in [4.78, 5) is 4.30. The second kappa shape index (κ2) is 5.04. The van der Waals surface area contributed by atoms with Crippen LogP contribution in [0.1, 0.15) is 30.9 Å². The van der Waals surface area contributed by atoms with Gasteiger partial charge in [0.1, 0.15) is 0 Å². The lowest BCUT2D eigenvalue weighted by molar-refractivity contribution is 0.114. The van der Waals surface area contributed by atoms with E-state index in [1.165, 1.54) is 12.8 Å². The number of aliphatic hydroxyl groups excluding tert-OH is 1. The van der Waals surface area contributed by atoms with Crippen LogP contribution in [0.2, 0.25) is 0 Å². The molecule has 1 fully saturated rings. The molecule has 1 saturated heterocycles. The molecule has 3 nitrogen and oxygen atoms in total. The lowest BCUT2D eigenvalue weighted by Crippen LogP contribution is -2.38. The van der Waals surface area contributed by atoms with E-state index in [1.54, 1.807) is 6.20 Å². The molecule has 3 rings (SSSR count). The molecule has 2 heterocycles. The van der Waals surface area contributed by atoms with Gasteiger partial charge in [0.25, 0.3) is 0 Å². The fourth-order valence-corrected chi connectivity index (χ4v) is 2.66. The smallest absolute Gasteiger partial charge is 0.0943 e. The molecule has 3 heteroatoms. The molecule has 0 radical (unpaired) electrons. The Hall–Kier alpha value is -1.45. The normalized spacial score (nSPS) is 21.9. The van der Waals surface area contributed by atoms with Crippen molar-refractivity contribution in [2.45, 2.75) is 31.4 Å². The molecule has 1 aromatic heterocycles. The molecule has 0 amide bonds. The molecule has 1 aromatic carbocycles. The van der Waals surface area contributed by atoms with E-state index in [4.69, 9.17) is 0 Å². The fraction of sp³-hybridized carbons (Fsp3) is 0.400. The molecule has 0 saturated carbocycles. The molecule has 0 spiro atoms. The second-order valence-corrected chi connectivity index (χ2v) is 4.96. The summed E-state index contributed by atoms with van der Waals surface area (Å²) in [6.45, 7) is 1.01. The van der Waals surface area contributed by atoms with Crippen molar-refractivity contribution in [2.24, 2.45) is 0 Å². The quantitative estimate of drug-likeness (QED) is 0.850. The van der Waals surface area contributed by atoms with Crippen LogP contribution in [0.3, 0.4) is 0 Å². The Labute approximate surface area is 107 Å². The summed E-state index contributed by atoms with van der Waals surface area (Å²) in [6, 6.07) is 10.2. The van der Waals surface area contributed by atoms with Crippen LogP contribution in [0, 0.1) is 0 Å². The highest BCUT2D eigenvalue weighted by Crippen LogP contribution is 2.25. The predicted molar refractivity (Wildman–Crippen MR) is 72.3 cm³/mol. The van der Waals surface area contributed by atoms with E-state index in [0.717, 1.165) is 29.4 Å². The monoisotopic (exact) mass is 242 g/mol. The molecule has 0 aliphatic carbocycles. The fourth-order valence-electron chi connectivity index (χ4n) is 2.66. The molecule has 94 valence electrons. The average Bonchev–Trinajstić information content (AvgIpc) is 2.47. The summed E-state index contributed by atoms with van der Waals surface area (Å²) in [6.07, 6.45) is 4.83. The summed E-state index contributed by atoms with van der Waals surface area (Å²) < 4.78 is 0. The highest BCUT2D eigenvalue weighted by molar-refractivity contribution is 5.79. The van der Waals surface area contributed by atoms with Crippen LogP contribution in [-0.4, -0.2) is 22.7 Å². The van der Waals surface area contributed by atoms with Crippen molar-refractivity contribution in [1.29, 1.82) is 0 Å². The van der Waals surface area contributed by atoms with Crippen molar-refractivity contribution in [2.75, 3.05) is 6.54 Å². The van der Waals surface area contributed by atoms with Gasteiger partial charge in [-0.3, -0.25) is 4.98 Å². The van der Waals surface area contributed by atoms with Gasteiger partial charge in [0, 0.05) is 17.6 Å². The molecule has 1 aliphatic heterocycles. The third kappa shape index (κ3) is 2.24. The number of nitrogens with one attached hydrogen (secondary N) is 1. The van der Waals surface area contributed by atoms with Crippen LogP contribution < -0.4 is 5.32 Å². The highest BCUT2D eigenvalue weighted by Gasteiger charge is 2.22. The Bertz CT molecular complexity index is 535. The molecular formula is C15H18N2O. The van der Waals surface area contributed by atoms with E-state index in [2.05, 4.69) is 10.3 Å². The van der Waals surface area contributed by atoms with E-state index in [9.17, 15) is 5.11 Å². The minimum atomic E-state index is -0.421. The largest absolute Gasteiger partial charge is 0.387 e. The maximum absolute atomic E-state index is 10.4. The minimum Gasteiger partial charge on any atom is -0.387 e. The number of rotatable bonds is 2. The number of aromatic nitrogens is 1. The standard InChI is InChI=1S/C15H18N2O/c18-15(14-5-1-2-8-17-14)12-6-7-13-11(10-12)4-3-9-16-13/h3-4,6-7,9-10,14-15,17-18H,1-2,5,8H2/t14-,15-/m1/s1. The number of hydrogen-bond donors (Lipinski definition) is 2. The van der Waals surface area contributed by atoms with Crippen molar-refractivity contribution in [3.05, 3.63) is 42.1 Å². The van der Waals surface area contributed by atoms with Gasteiger partial charge >= 0.3 is 0 Å². The zero-order valence-corrected chi connectivity index (χ0v) is 10.3. The van der Waals surface area contributed by atoms with Gasteiger partial charge in [-0.15, -0.1) is 0 Å². The molecule has 2 N–H and O–H groups in total. The topological polar surface area (TPSA) is 45.2 Å². The van der Waals surface area contributed by atoms with Crippen LogP contribution in [0.5, 0.6) is 0 Å². The van der Waals surface area contributed by atoms with Gasteiger partial charge in [-0.2, -0.15) is 0 Å². The van der Waals surface area contributed by atoms with Crippen LogP contribution in [0.15, 0.2) is 36.5 Å². The van der Waals surface area contributed by atoms with E-state index in [1.807, 2.05) is 30.3 Å². The summed E-state index contributed by atoms with van der Waals surface area (Å²) in [5.74, 6) is 0. The predicted octanol–water partition coefficient (Wildman–Crippen LogP) is 2.41. The first-order valence-electron chi connectivity index (χ1n) is 6.61. The maximum Gasteiger partial charge on any atom is 0.0943 e. The third-order valence-electron chi connectivity index (χ3n) is 3.70. The minimum absolute atomic E-state index is 0.188. The third-order valence-corrected chi connectivity index (χ3v) is 3.70. The summed E-state index contributed by atoms with van der Waals surface area (Å²) in [7, 11) is 0. The first-order chi connectivity index (χ1) is 8.84. The van der Waals surface area contributed by atoms with Gasteiger partial charge < -0.3 is 10.4 Å². The van der Waals surface area contributed by atoms with Gasteiger partial charge in [0.05, 0.1) is 11.6 Å². The Balaban J connectivity index is 1.88. The number of benzene rings is 1. The van der Waals surface area contributed by atoms with Gasteiger partial charge in [0.2, 0.25) is 0 Å². The Morgan fingerprint density at radius 2 is 2.22 bits per heavy atom. The van der Waals surface area contributed by atoms with Crippen LogP contribution in [0.4, 0.5) is 0 Å². The zero-order chi connectivity index (χ0) is 12.4. The van der Waals surface area contributed by atoms with Crippen molar-refractivity contribution in [3.8, 4) is 0 Å². The Morgan fingerprint density at radius 3 is 3.06 bits per heavy atom. The van der Waals surface area contributed by atoms with Crippen molar-refractivity contribution in [1.82, 2.24) is 10.3 Å². The Morgan fingerprint density at radius 1 is 1.28 bits per heavy atom. The Kier molecular flexibility index (Phi) is 3.26. The van der Waals surface area contributed by atoms with Crippen molar-refractivity contribution < 1.29 is 5.11 Å². The summed E-state index contributed by atoms with van der Waals surface area (Å²) >= 11 is 0. The lowest BCUT2D eigenvalue weighted by Gasteiger charge is -2.28. The van der Waals surface area contributed by atoms with Gasteiger partial charge in [-0.1, -0.05) is 18.6 Å². The van der Waals surface area contributed by atoms with Crippen molar-refractivity contribution >= 4 is 10.9 Å². The lowest BCUT2D eigenvalue weighted by atomic mass is 9.94. The molecule has 2 atom stereocenters. The van der Waals surface area contributed by atoms with E-state index >= 15 is 0 Å². The molecule has 0 bridgehead atoms. The van der Waals surface area contributed by atoms with Crippen LogP contribution >= 0.6 is 0 Å². The van der Waals surface area contributed by atoms with Gasteiger partial charge in [-0.05, 0) is 43.1 Å². The first kappa shape index (κ1) is 11.6. The molecule has 18 heavy (non-hydrogen) atoms. The molecule has 1 aliphatic rings. The summed E-state index contributed by atoms with van der Waals surface area (Å²) in [5.41, 5.74) is 1.96. The number of pyridine rings is 1. The van der Waals surface area contributed by atoms with E-state index in [0.29, 0.717) is 0 Å². The molecule has 0 unspecified atom stereocenters.